The van der Waals surface area contributed by atoms with Gasteiger partial charge in [-0.05, 0) is 68.1 Å². The summed E-state index contributed by atoms with van der Waals surface area (Å²) in [4.78, 5) is 85.7. The van der Waals surface area contributed by atoms with E-state index in [9.17, 15) is 24.0 Å². The van der Waals surface area contributed by atoms with Crippen LogP contribution in [0.1, 0.15) is 74.1 Å². The largest absolute Gasteiger partial charge is 0.476 e. The van der Waals surface area contributed by atoms with E-state index in [1.165, 1.54) is 19.6 Å². The number of aromatic nitrogens is 2. The van der Waals surface area contributed by atoms with Crippen LogP contribution in [-0.4, -0.2) is 105 Å². The first-order chi connectivity index (χ1) is 32.9. The van der Waals surface area contributed by atoms with Gasteiger partial charge in [0, 0.05) is 18.8 Å². The van der Waals surface area contributed by atoms with E-state index in [1.54, 1.807) is 19.2 Å². The zero-order chi connectivity index (χ0) is 48.4. The van der Waals surface area contributed by atoms with E-state index >= 15 is 0 Å². The lowest BCUT2D eigenvalue weighted by Crippen LogP contribution is -2.52. The highest BCUT2D eigenvalue weighted by molar-refractivity contribution is 5.92. The van der Waals surface area contributed by atoms with Crippen molar-refractivity contribution in [3.8, 4) is 17.3 Å². The number of amides is 5. The van der Waals surface area contributed by atoms with Gasteiger partial charge in [-0.1, -0.05) is 133 Å². The predicted molar refractivity (Wildman–Crippen MR) is 261 cm³/mol. The maximum atomic E-state index is 15.0. The van der Waals surface area contributed by atoms with E-state index in [0.717, 1.165) is 27.9 Å². The second-order valence-corrected chi connectivity index (χ2v) is 16.5. The lowest BCUT2D eigenvalue weighted by atomic mass is 10.0. The van der Waals surface area contributed by atoms with Crippen LogP contribution in [0.2, 0.25) is 0 Å². The maximum Gasteiger partial charge on any atom is 0.243 e. The molecule has 14 heteroatoms. The second kappa shape index (κ2) is 24.7. The summed E-state index contributed by atoms with van der Waals surface area (Å²) in [5.74, 6) is -2.09. The lowest BCUT2D eigenvalue weighted by Gasteiger charge is -2.37. The van der Waals surface area contributed by atoms with Gasteiger partial charge in [0.1, 0.15) is 26.2 Å². The van der Waals surface area contributed by atoms with Gasteiger partial charge in [-0.15, -0.1) is 0 Å². The van der Waals surface area contributed by atoms with Crippen molar-refractivity contribution in [2.24, 2.45) is 5.73 Å². The number of primary amides is 1. The number of nitrogens with one attached hydrogen (secondary N) is 1. The summed E-state index contributed by atoms with van der Waals surface area (Å²) in [7, 11) is 0. The highest BCUT2D eigenvalue weighted by Crippen LogP contribution is 2.28. The van der Waals surface area contributed by atoms with Gasteiger partial charge in [0.2, 0.25) is 35.4 Å². The SMILES string of the molecule is C[C@@H](c1ccccc1)N(CC(N)=O)C(=O)CN(C(=O)CN(C(=O)CN(C(=O)CNCCOc1cccc(-c2ccccn2)n1)[C@@H](C)c1ccccc1)[C@@H](C)c1ccccc1)[C@@H](C)c1ccccc1. The van der Waals surface area contributed by atoms with Crippen LogP contribution in [0.4, 0.5) is 0 Å². The molecule has 0 radical (unpaired) electrons. The highest BCUT2D eigenvalue weighted by atomic mass is 16.5. The van der Waals surface area contributed by atoms with Crippen LogP contribution >= 0.6 is 0 Å². The molecular weight excluding hydrogens is 857 g/mol. The average Bonchev–Trinajstić information content (AvgIpc) is 3.38. The van der Waals surface area contributed by atoms with Crippen molar-refractivity contribution in [3.63, 3.8) is 0 Å². The Labute approximate surface area is 398 Å². The minimum absolute atomic E-state index is 0.101. The van der Waals surface area contributed by atoms with E-state index in [4.69, 9.17) is 10.5 Å². The van der Waals surface area contributed by atoms with Gasteiger partial charge in [-0.25, -0.2) is 4.98 Å². The Morgan fingerprint density at radius 2 is 0.868 bits per heavy atom. The molecule has 0 fully saturated rings. The summed E-state index contributed by atoms with van der Waals surface area (Å²) >= 11 is 0. The van der Waals surface area contributed by atoms with Gasteiger partial charge >= 0.3 is 0 Å². The van der Waals surface area contributed by atoms with Crippen LogP contribution in [0.3, 0.4) is 0 Å². The molecular formula is C54H60N8O6. The van der Waals surface area contributed by atoms with Crippen molar-refractivity contribution < 1.29 is 28.7 Å². The van der Waals surface area contributed by atoms with Gasteiger partial charge in [0.05, 0.1) is 48.6 Å². The first-order valence-corrected chi connectivity index (χ1v) is 22.8. The Morgan fingerprint density at radius 3 is 1.26 bits per heavy atom. The minimum atomic E-state index is -0.698. The molecule has 0 saturated heterocycles. The molecule has 3 N–H and O–H groups in total. The third kappa shape index (κ3) is 13.7. The first kappa shape index (κ1) is 49.7. The third-order valence-corrected chi connectivity index (χ3v) is 12.0. The second-order valence-electron chi connectivity index (χ2n) is 16.5. The molecule has 0 unspecified atom stereocenters. The molecule has 0 bridgehead atoms. The van der Waals surface area contributed by atoms with Crippen molar-refractivity contribution in [3.05, 3.63) is 186 Å². The lowest BCUT2D eigenvalue weighted by molar-refractivity contribution is -0.150. The number of pyridine rings is 2. The maximum absolute atomic E-state index is 15.0. The summed E-state index contributed by atoms with van der Waals surface area (Å²) in [6.45, 7) is 6.21. The zero-order valence-corrected chi connectivity index (χ0v) is 39.1. The van der Waals surface area contributed by atoms with Gasteiger partial charge in [-0.3, -0.25) is 29.0 Å². The fourth-order valence-corrected chi connectivity index (χ4v) is 7.96. The summed E-state index contributed by atoms with van der Waals surface area (Å²) < 4.78 is 5.91. The molecule has 0 aliphatic rings. The number of carbonyl (C=O) groups is 5. The Balaban J connectivity index is 1.23. The summed E-state index contributed by atoms with van der Waals surface area (Å²) in [5.41, 5.74) is 10.2. The van der Waals surface area contributed by atoms with Gasteiger partial charge in [0.25, 0.3) is 0 Å². The summed E-state index contributed by atoms with van der Waals surface area (Å²) in [6.07, 6.45) is 1.70. The molecule has 2 aromatic heterocycles. The zero-order valence-electron chi connectivity index (χ0n) is 39.1. The number of nitrogens with two attached hydrogens (primary N) is 1. The van der Waals surface area contributed by atoms with Crippen molar-refractivity contribution in [2.45, 2.75) is 51.9 Å². The quantitative estimate of drug-likeness (QED) is 0.0646. The molecule has 5 amide bonds. The van der Waals surface area contributed by atoms with E-state index < -0.39 is 60.9 Å². The van der Waals surface area contributed by atoms with Gasteiger partial charge in [0.15, 0.2) is 0 Å². The monoisotopic (exact) mass is 916 g/mol. The molecule has 14 nitrogen and oxygen atoms in total. The molecule has 352 valence electrons. The molecule has 0 aliphatic carbocycles. The fraction of sp³-hybridized carbons (Fsp3) is 0.278. The van der Waals surface area contributed by atoms with E-state index in [1.807, 2.05) is 172 Å². The first-order valence-electron chi connectivity index (χ1n) is 22.8. The molecule has 0 aliphatic heterocycles. The van der Waals surface area contributed by atoms with Gasteiger partial charge < -0.3 is 35.4 Å². The molecule has 4 aromatic carbocycles. The highest BCUT2D eigenvalue weighted by Gasteiger charge is 2.34. The Kier molecular flexibility index (Phi) is 18.1. The topological polar surface area (TPSA) is 171 Å². The summed E-state index contributed by atoms with van der Waals surface area (Å²) in [6, 6.07) is 46.1. The number of nitrogens with zero attached hydrogens (tertiary/aromatic N) is 6. The smallest absolute Gasteiger partial charge is 0.243 e. The third-order valence-electron chi connectivity index (χ3n) is 12.0. The Morgan fingerprint density at radius 1 is 0.485 bits per heavy atom. The summed E-state index contributed by atoms with van der Waals surface area (Å²) in [5, 5.41) is 3.17. The predicted octanol–water partition coefficient (Wildman–Crippen LogP) is 6.96. The number of hydrogen-bond acceptors (Lipinski definition) is 9. The number of hydrogen-bond donors (Lipinski definition) is 2. The molecule has 0 spiro atoms. The average molecular weight is 917 g/mol. The number of carbonyl (C=O) groups excluding carboxylic acids is 5. The van der Waals surface area contributed by atoms with Crippen LogP contribution < -0.4 is 15.8 Å². The molecule has 68 heavy (non-hydrogen) atoms. The van der Waals surface area contributed by atoms with Crippen molar-refractivity contribution in [2.75, 3.05) is 45.9 Å². The normalized spacial score (nSPS) is 12.7. The molecule has 4 atom stereocenters. The van der Waals surface area contributed by atoms with Crippen LogP contribution in [0, 0.1) is 0 Å². The Bertz CT molecular complexity index is 2550. The number of ether oxygens (including phenoxy) is 1. The van der Waals surface area contributed by atoms with E-state index in [0.29, 0.717) is 18.1 Å². The van der Waals surface area contributed by atoms with Crippen molar-refractivity contribution in [1.82, 2.24) is 34.9 Å². The molecule has 6 rings (SSSR count). The van der Waals surface area contributed by atoms with Crippen LogP contribution in [0.15, 0.2) is 164 Å². The van der Waals surface area contributed by atoms with Crippen molar-refractivity contribution >= 4 is 29.5 Å². The van der Waals surface area contributed by atoms with Crippen molar-refractivity contribution in [1.29, 1.82) is 0 Å². The Hall–Kier alpha value is -7.71. The van der Waals surface area contributed by atoms with Gasteiger partial charge in [-0.2, -0.15) is 0 Å². The minimum Gasteiger partial charge on any atom is -0.476 e. The van der Waals surface area contributed by atoms with Crippen LogP contribution in [0.5, 0.6) is 5.88 Å². The molecule has 6 aromatic rings. The van der Waals surface area contributed by atoms with E-state index in [-0.39, 0.29) is 32.1 Å². The number of benzene rings is 4. The fourth-order valence-electron chi connectivity index (χ4n) is 7.96. The van der Waals surface area contributed by atoms with E-state index in [2.05, 4.69) is 15.3 Å². The number of rotatable bonds is 23. The molecule has 0 saturated carbocycles. The molecule has 2 heterocycles. The van der Waals surface area contributed by atoms with Crippen LogP contribution in [-0.2, 0) is 24.0 Å². The van der Waals surface area contributed by atoms with Crippen LogP contribution in [0.25, 0.3) is 11.4 Å². The standard InChI is InChI=1S/C54H60N8O6/c1-39(43-20-9-5-10-21-43)59(35-49(55)63)52(65)37-61(41(3)45-24-13-7-14-25-45)54(67)38-62(42(4)46-26-15-8-16-27-46)53(66)36-60(40(2)44-22-11-6-12-23-44)51(64)34-56-32-33-68-50-30-19-29-48(58-50)47-28-17-18-31-57-47/h5-31,39-42,56H,32-38H2,1-4H3,(H2,55,63)/t39-,40-,41-,42-/m0/s1.